The number of hydrogen-bond acceptors (Lipinski definition) is 4. The summed E-state index contributed by atoms with van der Waals surface area (Å²) in [5, 5.41) is 3.63. The van der Waals surface area contributed by atoms with Gasteiger partial charge in [-0.2, -0.15) is 11.8 Å². The van der Waals surface area contributed by atoms with Gasteiger partial charge >= 0.3 is 0 Å². The molecule has 0 bridgehead atoms. The molecular formula is C13H27N3S. The number of nitrogens with zero attached hydrogens (tertiary/aromatic N) is 2. The quantitative estimate of drug-likeness (QED) is 0.813. The summed E-state index contributed by atoms with van der Waals surface area (Å²) in [6.45, 7) is 12.1. The Hall–Kier alpha value is 0.230. The van der Waals surface area contributed by atoms with E-state index in [1.807, 2.05) is 0 Å². The van der Waals surface area contributed by atoms with Gasteiger partial charge in [0, 0.05) is 62.9 Å². The number of rotatable bonds is 4. The molecule has 3 nitrogen and oxygen atoms in total. The fourth-order valence-corrected chi connectivity index (χ4v) is 3.65. The van der Waals surface area contributed by atoms with Crippen molar-refractivity contribution in [3.8, 4) is 0 Å². The minimum absolute atomic E-state index is 0.706. The SMILES string of the molecule is CCC1CN(CCN2CCSCC2)C(C)CN1. The number of hydrogen-bond donors (Lipinski definition) is 1. The number of nitrogens with one attached hydrogen (secondary N) is 1. The van der Waals surface area contributed by atoms with Crippen LogP contribution in [0, 0.1) is 0 Å². The third-order valence-corrected chi connectivity index (χ3v) is 5.02. The molecular weight excluding hydrogens is 230 g/mol. The van der Waals surface area contributed by atoms with Crippen LogP contribution in [0.1, 0.15) is 20.3 Å². The van der Waals surface area contributed by atoms with Crippen LogP contribution in [0.15, 0.2) is 0 Å². The molecule has 0 aromatic carbocycles. The van der Waals surface area contributed by atoms with Crippen molar-refractivity contribution < 1.29 is 0 Å². The Bertz CT molecular complexity index is 219. The fraction of sp³-hybridized carbons (Fsp3) is 1.00. The molecule has 0 aliphatic carbocycles. The van der Waals surface area contributed by atoms with Crippen LogP contribution in [-0.4, -0.2) is 72.7 Å². The zero-order valence-corrected chi connectivity index (χ0v) is 12.1. The van der Waals surface area contributed by atoms with Crippen molar-refractivity contribution in [2.75, 3.05) is 50.8 Å². The highest BCUT2D eigenvalue weighted by Gasteiger charge is 2.24. The van der Waals surface area contributed by atoms with Crippen LogP contribution < -0.4 is 5.32 Å². The molecule has 0 spiro atoms. The smallest absolute Gasteiger partial charge is 0.0193 e. The first-order valence-corrected chi connectivity index (χ1v) is 8.22. The molecule has 2 saturated heterocycles. The van der Waals surface area contributed by atoms with E-state index in [9.17, 15) is 0 Å². The molecule has 1 N–H and O–H groups in total. The highest BCUT2D eigenvalue weighted by Crippen LogP contribution is 2.11. The average molecular weight is 257 g/mol. The summed E-state index contributed by atoms with van der Waals surface area (Å²) in [7, 11) is 0. The predicted molar refractivity (Wildman–Crippen MR) is 76.9 cm³/mol. The first-order valence-electron chi connectivity index (χ1n) is 7.07. The molecule has 0 amide bonds. The normalized spacial score (nSPS) is 32.8. The minimum Gasteiger partial charge on any atom is -0.311 e. The zero-order valence-electron chi connectivity index (χ0n) is 11.3. The van der Waals surface area contributed by atoms with Gasteiger partial charge in [0.25, 0.3) is 0 Å². The molecule has 2 aliphatic heterocycles. The van der Waals surface area contributed by atoms with Crippen molar-refractivity contribution in [3.63, 3.8) is 0 Å². The van der Waals surface area contributed by atoms with Gasteiger partial charge in [0.15, 0.2) is 0 Å². The van der Waals surface area contributed by atoms with Crippen LogP contribution in [0.4, 0.5) is 0 Å². The first kappa shape index (κ1) is 13.7. The van der Waals surface area contributed by atoms with E-state index < -0.39 is 0 Å². The molecule has 2 heterocycles. The van der Waals surface area contributed by atoms with E-state index in [2.05, 4.69) is 40.7 Å². The standard InChI is InChI=1S/C13H27N3S/c1-3-13-11-16(12(2)10-14-13)5-4-15-6-8-17-9-7-15/h12-14H,3-11H2,1-2H3. The number of thioether (sulfide) groups is 1. The molecule has 0 radical (unpaired) electrons. The summed E-state index contributed by atoms with van der Waals surface area (Å²) < 4.78 is 0. The van der Waals surface area contributed by atoms with Gasteiger partial charge in [0.1, 0.15) is 0 Å². The van der Waals surface area contributed by atoms with Crippen LogP contribution in [-0.2, 0) is 0 Å². The van der Waals surface area contributed by atoms with Crippen molar-refractivity contribution in [1.29, 1.82) is 0 Å². The van der Waals surface area contributed by atoms with E-state index in [-0.39, 0.29) is 0 Å². The van der Waals surface area contributed by atoms with Gasteiger partial charge in [0.2, 0.25) is 0 Å². The second kappa shape index (κ2) is 6.98. The summed E-state index contributed by atoms with van der Waals surface area (Å²) in [5.74, 6) is 2.66. The summed E-state index contributed by atoms with van der Waals surface area (Å²) in [6, 6.07) is 1.42. The molecule has 2 rings (SSSR count). The summed E-state index contributed by atoms with van der Waals surface area (Å²) in [4.78, 5) is 5.30. The maximum absolute atomic E-state index is 3.63. The molecule has 2 aliphatic rings. The molecule has 4 heteroatoms. The van der Waals surface area contributed by atoms with Crippen molar-refractivity contribution >= 4 is 11.8 Å². The van der Waals surface area contributed by atoms with Crippen molar-refractivity contribution in [2.24, 2.45) is 0 Å². The van der Waals surface area contributed by atoms with E-state index in [0.717, 1.165) is 6.54 Å². The largest absolute Gasteiger partial charge is 0.311 e. The van der Waals surface area contributed by atoms with Gasteiger partial charge in [-0.1, -0.05) is 6.92 Å². The maximum atomic E-state index is 3.63. The average Bonchev–Trinajstić information content (AvgIpc) is 2.39. The van der Waals surface area contributed by atoms with E-state index in [4.69, 9.17) is 0 Å². The van der Waals surface area contributed by atoms with Gasteiger partial charge in [-0.15, -0.1) is 0 Å². The van der Waals surface area contributed by atoms with Crippen molar-refractivity contribution in [1.82, 2.24) is 15.1 Å². The van der Waals surface area contributed by atoms with E-state index in [0.29, 0.717) is 12.1 Å². The van der Waals surface area contributed by atoms with Gasteiger partial charge in [0.05, 0.1) is 0 Å². The summed E-state index contributed by atoms with van der Waals surface area (Å²) in [5.41, 5.74) is 0. The van der Waals surface area contributed by atoms with E-state index >= 15 is 0 Å². The van der Waals surface area contributed by atoms with Crippen LogP contribution in [0.25, 0.3) is 0 Å². The lowest BCUT2D eigenvalue weighted by Gasteiger charge is -2.40. The van der Waals surface area contributed by atoms with Crippen LogP contribution >= 0.6 is 11.8 Å². The highest BCUT2D eigenvalue weighted by molar-refractivity contribution is 7.99. The lowest BCUT2D eigenvalue weighted by Crippen LogP contribution is -2.56. The van der Waals surface area contributed by atoms with Gasteiger partial charge in [-0.3, -0.25) is 4.90 Å². The Morgan fingerprint density at radius 3 is 2.71 bits per heavy atom. The highest BCUT2D eigenvalue weighted by atomic mass is 32.2. The summed E-state index contributed by atoms with van der Waals surface area (Å²) >= 11 is 2.10. The van der Waals surface area contributed by atoms with Gasteiger partial charge < -0.3 is 10.2 Å². The molecule has 17 heavy (non-hydrogen) atoms. The zero-order chi connectivity index (χ0) is 12.1. The predicted octanol–water partition coefficient (Wildman–Crippen LogP) is 1.11. The fourth-order valence-electron chi connectivity index (χ4n) is 2.67. The van der Waals surface area contributed by atoms with Gasteiger partial charge in [-0.25, -0.2) is 0 Å². The molecule has 2 fully saturated rings. The second-order valence-corrected chi connectivity index (χ2v) is 6.54. The van der Waals surface area contributed by atoms with Crippen molar-refractivity contribution in [2.45, 2.75) is 32.4 Å². The lowest BCUT2D eigenvalue weighted by molar-refractivity contribution is 0.121. The Morgan fingerprint density at radius 1 is 1.24 bits per heavy atom. The Labute approximate surface area is 110 Å². The Balaban J connectivity index is 1.72. The third-order valence-electron chi connectivity index (χ3n) is 4.08. The maximum Gasteiger partial charge on any atom is 0.0193 e. The Kier molecular flexibility index (Phi) is 5.60. The first-order chi connectivity index (χ1) is 8.29. The third kappa shape index (κ3) is 4.12. The van der Waals surface area contributed by atoms with E-state index in [1.165, 1.54) is 50.7 Å². The minimum atomic E-state index is 0.706. The number of piperazine rings is 1. The van der Waals surface area contributed by atoms with Crippen LogP contribution in [0.2, 0.25) is 0 Å². The second-order valence-electron chi connectivity index (χ2n) is 5.31. The molecule has 100 valence electrons. The van der Waals surface area contributed by atoms with Crippen LogP contribution in [0.5, 0.6) is 0 Å². The lowest BCUT2D eigenvalue weighted by atomic mass is 10.1. The topological polar surface area (TPSA) is 18.5 Å². The summed E-state index contributed by atoms with van der Waals surface area (Å²) in [6.07, 6.45) is 1.25. The van der Waals surface area contributed by atoms with Crippen molar-refractivity contribution in [3.05, 3.63) is 0 Å². The monoisotopic (exact) mass is 257 g/mol. The molecule has 0 aromatic rings. The van der Waals surface area contributed by atoms with E-state index in [1.54, 1.807) is 0 Å². The van der Waals surface area contributed by atoms with Gasteiger partial charge in [-0.05, 0) is 13.3 Å². The molecule has 2 unspecified atom stereocenters. The molecule has 2 atom stereocenters. The Morgan fingerprint density at radius 2 is 2.00 bits per heavy atom. The molecule has 0 saturated carbocycles. The molecule has 0 aromatic heterocycles. The van der Waals surface area contributed by atoms with Crippen LogP contribution in [0.3, 0.4) is 0 Å².